The van der Waals surface area contributed by atoms with E-state index >= 15 is 0 Å². The van der Waals surface area contributed by atoms with Gasteiger partial charge in [0.25, 0.3) is 0 Å². The molecule has 0 aromatic rings. The van der Waals surface area contributed by atoms with Crippen molar-refractivity contribution in [2.75, 3.05) is 13.2 Å². The fourth-order valence-corrected chi connectivity index (χ4v) is 1.78. The van der Waals surface area contributed by atoms with Crippen molar-refractivity contribution < 1.29 is 33.5 Å². The topological polar surface area (TPSA) is 40.5 Å². The molecule has 0 unspecified atom stereocenters. The fourth-order valence-electron chi connectivity index (χ4n) is 1.78. The summed E-state index contributed by atoms with van der Waals surface area (Å²) in [6.45, 7) is 2.53. The Kier molecular flexibility index (Phi) is 42.1. The Hall–Kier alpha value is 0.560. The van der Waals surface area contributed by atoms with E-state index in [2.05, 4.69) is 36.5 Å². The molecule has 0 saturated heterocycles. The number of aliphatic hydroxyl groups is 2. The van der Waals surface area contributed by atoms with Crippen LogP contribution in [0.15, 0.2) is 35.5 Å². The second kappa shape index (κ2) is 28.4. The third-order valence-electron chi connectivity index (χ3n) is 2.74. The second-order valence-corrected chi connectivity index (χ2v) is 4.27. The molecule has 2 rings (SSSR count). The first-order chi connectivity index (χ1) is 9.86. The zero-order valence-corrected chi connectivity index (χ0v) is 20.4. The van der Waals surface area contributed by atoms with Gasteiger partial charge < -0.3 is 25.1 Å². The zero-order valence-electron chi connectivity index (χ0n) is 14.9. The van der Waals surface area contributed by atoms with Crippen LogP contribution in [-0.4, -0.2) is 30.3 Å². The van der Waals surface area contributed by atoms with Crippen LogP contribution in [0.25, 0.3) is 0 Å². The van der Waals surface area contributed by atoms with Gasteiger partial charge in [-0.1, -0.05) is 12.8 Å². The molecule has 6 heteroatoms. The molecular formula is C18H32Cl2O2SiZr-4. The van der Waals surface area contributed by atoms with Crippen LogP contribution in [0.3, 0.4) is 0 Å². The van der Waals surface area contributed by atoms with Gasteiger partial charge in [0.2, 0.25) is 0 Å². The Balaban J connectivity index is -0.0000000789. The number of allylic oxidation sites excluding steroid dienone is 8. The average Bonchev–Trinajstić information content (AvgIpc) is 3.19. The van der Waals surface area contributed by atoms with Crippen molar-refractivity contribution in [2.24, 2.45) is 0 Å². The number of hydrogen-bond donors (Lipinski definition) is 2. The van der Waals surface area contributed by atoms with Crippen LogP contribution >= 0.6 is 24.8 Å². The van der Waals surface area contributed by atoms with E-state index in [1.807, 2.05) is 6.88 Å². The Labute approximate surface area is 178 Å². The van der Waals surface area contributed by atoms with E-state index < -0.39 is 0 Å². The predicted molar refractivity (Wildman–Crippen MR) is 110 cm³/mol. The third-order valence-corrected chi connectivity index (χ3v) is 2.74. The molecule has 142 valence electrons. The number of rotatable bonds is 6. The van der Waals surface area contributed by atoms with Gasteiger partial charge in [-0.2, -0.15) is 12.2 Å². The molecule has 2 nitrogen and oxygen atoms in total. The molecule has 2 aliphatic carbocycles. The van der Waals surface area contributed by atoms with Crippen LogP contribution in [0.1, 0.15) is 38.5 Å². The van der Waals surface area contributed by atoms with Crippen molar-refractivity contribution in [3.8, 4) is 0 Å². The van der Waals surface area contributed by atoms with Gasteiger partial charge in [-0.05, 0) is 12.8 Å². The second-order valence-electron chi connectivity index (χ2n) is 4.27. The van der Waals surface area contributed by atoms with Gasteiger partial charge in [-0.3, -0.25) is 12.2 Å². The van der Waals surface area contributed by atoms with Gasteiger partial charge in [-0.15, -0.1) is 37.7 Å². The van der Waals surface area contributed by atoms with Crippen molar-refractivity contribution in [2.45, 2.75) is 38.5 Å². The Morgan fingerprint density at radius 2 is 1.17 bits per heavy atom. The summed E-state index contributed by atoms with van der Waals surface area (Å²) in [4.78, 5) is 0. The number of halogens is 2. The third kappa shape index (κ3) is 20.6. The molecular weight excluding hydrogens is 438 g/mol. The van der Waals surface area contributed by atoms with Gasteiger partial charge >= 0.3 is 30.2 Å². The molecule has 0 amide bonds. The maximum absolute atomic E-state index is 8.46. The van der Waals surface area contributed by atoms with Gasteiger partial charge in [0.1, 0.15) is 0 Å². The Bertz CT molecular complexity index is 336. The summed E-state index contributed by atoms with van der Waals surface area (Å²) < 4.78 is 0. The predicted octanol–water partition coefficient (Wildman–Crippen LogP) is 3.72. The van der Waals surface area contributed by atoms with E-state index in [9.17, 15) is 0 Å². The summed E-state index contributed by atoms with van der Waals surface area (Å²) in [5.74, 6) is 0. The monoisotopic (exact) mass is 468 g/mol. The molecule has 0 aromatic carbocycles. The molecule has 0 aliphatic heterocycles. The van der Waals surface area contributed by atoms with E-state index in [0.29, 0.717) is 13.2 Å². The Morgan fingerprint density at radius 1 is 0.833 bits per heavy atom. The van der Waals surface area contributed by atoms with E-state index in [1.165, 1.54) is 11.1 Å². The summed E-state index contributed by atoms with van der Waals surface area (Å²) in [5.41, 5.74) is 2.51. The van der Waals surface area contributed by atoms with E-state index in [0.717, 1.165) is 38.5 Å². The van der Waals surface area contributed by atoms with E-state index in [4.69, 9.17) is 10.2 Å². The summed E-state index contributed by atoms with van der Waals surface area (Å²) >= 11 is 1.58. The van der Waals surface area contributed by atoms with Crippen molar-refractivity contribution >= 4 is 31.7 Å². The van der Waals surface area contributed by atoms with Crippen LogP contribution in [-0.2, 0) is 23.3 Å². The molecule has 0 heterocycles. The van der Waals surface area contributed by atoms with Crippen LogP contribution < -0.4 is 0 Å². The average molecular weight is 471 g/mol. The minimum absolute atomic E-state index is 0. The van der Waals surface area contributed by atoms with Crippen molar-refractivity contribution in [1.82, 2.24) is 0 Å². The summed E-state index contributed by atoms with van der Waals surface area (Å²) in [7, 11) is 0. The van der Waals surface area contributed by atoms with Crippen LogP contribution in [0, 0.1) is 27.0 Å². The summed E-state index contributed by atoms with van der Waals surface area (Å²) in [6, 6.07) is 0. The molecule has 24 heavy (non-hydrogen) atoms. The molecule has 0 fully saturated rings. The van der Waals surface area contributed by atoms with Crippen LogP contribution in [0.2, 0.25) is 0 Å². The molecule has 2 N–H and O–H groups in total. The summed E-state index contributed by atoms with van der Waals surface area (Å²) in [5, 5.41) is 16.9. The van der Waals surface area contributed by atoms with Crippen LogP contribution in [0.4, 0.5) is 0 Å². The standard InChI is InChI=1S/2C8H11O.2CH3.2ClH.H2Si.Zr/c2*9-7-3-6-8-4-1-2-5-8;;;;;;/h2*1,4,9H,2-3,6-7H2;2*1H3;2*1H;1H2;/q4*-1;;;;. The molecule has 0 saturated carbocycles. The van der Waals surface area contributed by atoms with Crippen molar-refractivity contribution in [3.05, 3.63) is 62.5 Å². The Morgan fingerprint density at radius 3 is 1.38 bits per heavy atom. The van der Waals surface area contributed by atoms with Crippen molar-refractivity contribution in [1.29, 1.82) is 0 Å². The van der Waals surface area contributed by atoms with Crippen LogP contribution in [0.5, 0.6) is 0 Å². The van der Waals surface area contributed by atoms with Gasteiger partial charge in [0.15, 0.2) is 0 Å². The maximum atomic E-state index is 8.46. The zero-order chi connectivity index (χ0) is 15.1. The normalized spacial score (nSPS) is 12.4. The summed E-state index contributed by atoms with van der Waals surface area (Å²) in [6.07, 6.45) is 20.3. The van der Waals surface area contributed by atoms with E-state index in [1.54, 1.807) is 23.3 Å². The molecule has 0 bridgehead atoms. The first-order valence-electron chi connectivity index (χ1n) is 6.96. The first-order valence-corrected chi connectivity index (χ1v) is 12.9. The first kappa shape index (κ1) is 35.6. The minimum atomic E-state index is 0. The van der Waals surface area contributed by atoms with Gasteiger partial charge in [0.05, 0.1) is 0 Å². The molecule has 0 radical (unpaired) electrons. The van der Waals surface area contributed by atoms with Gasteiger partial charge in [0, 0.05) is 13.2 Å². The fraction of sp³-hybridized carbons (Fsp3) is 0.444. The number of hydrogen-bond acceptors (Lipinski definition) is 2. The quantitative estimate of drug-likeness (QED) is 0.459. The van der Waals surface area contributed by atoms with Gasteiger partial charge in [-0.25, -0.2) is 23.3 Å². The van der Waals surface area contributed by atoms with E-state index in [-0.39, 0.29) is 39.7 Å². The molecule has 0 aromatic heterocycles. The van der Waals surface area contributed by atoms with Crippen molar-refractivity contribution in [3.63, 3.8) is 0 Å². The SMILES string of the molecule is Cl.Cl.OCCCC1=[C-]CC=C1.OCCCC1=[C-]CC=C1.[CH3-].[CH3-].[SiH2]=[Zr]. The number of aliphatic hydroxyl groups excluding tert-OH is 2. The molecule has 0 spiro atoms. The molecule has 0 atom stereocenters. The molecule has 2 aliphatic rings.